The first-order valence-electron chi connectivity index (χ1n) is 10.2. The summed E-state index contributed by atoms with van der Waals surface area (Å²) in [7, 11) is 0. The van der Waals surface area contributed by atoms with Crippen LogP contribution in [0.4, 0.5) is 0 Å². The van der Waals surface area contributed by atoms with Gasteiger partial charge in [0, 0.05) is 11.0 Å². The highest BCUT2D eigenvalue weighted by Crippen LogP contribution is 2.42. The third kappa shape index (κ3) is 3.78. The smallest absolute Gasteiger partial charge is 0.205 e. The molecule has 2 aromatic rings. The molecule has 1 atom stereocenters. The molecule has 2 heteroatoms. The van der Waals surface area contributed by atoms with Gasteiger partial charge in [-0.05, 0) is 53.4 Å². The number of hydrogen-bond acceptors (Lipinski definition) is 2. The molecule has 1 unspecified atom stereocenters. The number of ether oxygens (including phenoxy) is 2. The summed E-state index contributed by atoms with van der Waals surface area (Å²) in [6.07, 6.45) is 3.29. The predicted molar refractivity (Wildman–Crippen MR) is 110 cm³/mol. The Morgan fingerprint density at radius 1 is 0.889 bits per heavy atom. The van der Waals surface area contributed by atoms with Crippen LogP contribution < -0.4 is 4.74 Å². The van der Waals surface area contributed by atoms with Crippen molar-refractivity contribution in [3.63, 3.8) is 0 Å². The van der Waals surface area contributed by atoms with Gasteiger partial charge in [0.1, 0.15) is 5.75 Å². The van der Waals surface area contributed by atoms with E-state index in [9.17, 15) is 0 Å². The first-order valence-corrected chi connectivity index (χ1v) is 10.2. The number of rotatable bonds is 3. The molecule has 1 heterocycles. The van der Waals surface area contributed by atoms with Crippen LogP contribution in [-0.2, 0) is 30.6 Å². The van der Waals surface area contributed by atoms with Crippen LogP contribution in [-0.4, -0.2) is 6.29 Å². The Labute approximate surface area is 163 Å². The van der Waals surface area contributed by atoms with Crippen LogP contribution in [0.1, 0.15) is 56.9 Å². The molecule has 4 rings (SSSR count). The molecule has 0 fully saturated rings. The molecule has 2 aliphatic rings. The third-order valence-electron chi connectivity index (χ3n) is 6.28. The lowest BCUT2D eigenvalue weighted by Crippen LogP contribution is -2.37. The molecular formula is C25H32O2. The van der Waals surface area contributed by atoms with Crippen LogP contribution in [0, 0.1) is 16.7 Å². The largest absolute Gasteiger partial charge is 0.464 e. The third-order valence-corrected chi connectivity index (χ3v) is 6.28. The monoisotopic (exact) mass is 364 g/mol. The average molecular weight is 365 g/mol. The van der Waals surface area contributed by atoms with Crippen LogP contribution in [0.3, 0.4) is 0 Å². The number of fused-ring (bicyclic) bond motifs is 2. The zero-order valence-electron chi connectivity index (χ0n) is 17.3. The molecule has 0 saturated heterocycles. The summed E-state index contributed by atoms with van der Waals surface area (Å²) < 4.78 is 12.1. The van der Waals surface area contributed by atoms with Crippen LogP contribution in [0.25, 0.3) is 0 Å². The molecule has 0 N–H and O–H groups in total. The second-order valence-corrected chi connectivity index (χ2v) is 10.1. The molecule has 0 bridgehead atoms. The van der Waals surface area contributed by atoms with Gasteiger partial charge in [-0.2, -0.15) is 0 Å². The summed E-state index contributed by atoms with van der Waals surface area (Å²) in [5, 5.41) is 0. The van der Waals surface area contributed by atoms with E-state index in [4.69, 9.17) is 9.47 Å². The summed E-state index contributed by atoms with van der Waals surface area (Å²) in [4.78, 5) is 0. The maximum absolute atomic E-state index is 6.21. The molecule has 0 radical (unpaired) electrons. The normalized spacial score (nSPS) is 20.1. The van der Waals surface area contributed by atoms with Gasteiger partial charge in [0.25, 0.3) is 0 Å². The topological polar surface area (TPSA) is 18.5 Å². The molecule has 0 amide bonds. The predicted octanol–water partition coefficient (Wildman–Crippen LogP) is 5.95. The molecule has 2 nitrogen and oxygen atoms in total. The van der Waals surface area contributed by atoms with E-state index >= 15 is 0 Å². The van der Waals surface area contributed by atoms with Gasteiger partial charge < -0.3 is 9.47 Å². The molecule has 144 valence electrons. The van der Waals surface area contributed by atoms with E-state index in [1.807, 2.05) is 0 Å². The summed E-state index contributed by atoms with van der Waals surface area (Å²) in [5.74, 6) is 1.70. The average Bonchev–Trinajstić information content (AvgIpc) is 3.05. The van der Waals surface area contributed by atoms with E-state index in [2.05, 4.69) is 77.1 Å². The molecule has 0 spiro atoms. The van der Waals surface area contributed by atoms with Gasteiger partial charge >= 0.3 is 0 Å². The molecule has 1 aliphatic carbocycles. The molecule has 1 aliphatic heterocycles. The Balaban J connectivity index is 1.50. The SMILES string of the molecule is CC(C)(C)C1OCc2ccc(CC(C)(C)C3Cc4ccccc4C3)cc2O1. The lowest BCUT2D eigenvalue weighted by molar-refractivity contribution is -0.163. The van der Waals surface area contributed by atoms with Crippen molar-refractivity contribution < 1.29 is 9.47 Å². The highest BCUT2D eigenvalue weighted by molar-refractivity contribution is 5.39. The Morgan fingerprint density at radius 2 is 1.56 bits per heavy atom. The van der Waals surface area contributed by atoms with Gasteiger partial charge in [0.2, 0.25) is 6.29 Å². The van der Waals surface area contributed by atoms with Crippen molar-refractivity contribution in [2.24, 2.45) is 16.7 Å². The van der Waals surface area contributed by atoms with Gasteiger partial charge in [0.05, 0.1) is 6.61 Å². The first kappa shape index (κ1) is 18.6. The first-order chi connectivity index (χ1) is 12.7. The van der Waals surface area contributed by atoms with Crippen LogP contribution in [0.2, 0.25) is 0 Å². The van der Waals surface area contributed by atoms with E-state index in [-0.39, 0.29) is 17.1 Å². The lowest BCUT2D eigenvalue weighted by atomic mass is 9.73. The fraction of sp³-hybridized carbons (Fsp3) is 0.520. The van der Waals surface area contributed by atoms with Crippen LogP contribution >= 0.6 is 0 Å². The maximum Gasteiger partial charge on any atom is 0.205 e. The van der Waals surface area contributed by atoms with E-state index in [1.54, 1.807) is 0 Å². The van der Waals surface area contributed by atoms with Gasteiger partial charge in [0.15, 0.2) is 0 Å². The molecule has 27 heavy (non-hydrogen) atoms. The second-order valence-electron chi connectivity index (χ2n) is 10.1. The molecule has 0 saturated carbocycles. The highest BCUT2D eigenvalue weighted by atomic mass is 16.7. The lowest BCUT2D eigenvalue weighted by Gasteiger charge is -2.36. The zero-order chi connectivity index (χ0) is 19.2. The van der Waals surface area contributed by atoms with Crippen molar-refractivity contribution in [3.05, 3.63) is 64.7 Å². The molecule has 2 aromatic carbocycles. The summed E-state index contributed by atoms with van der Waals surface area (Å²) in [6.45, 7) is 12.0. The van der Waals surface area contributed by atoms with Gasteiger partial charge in [-0.15, -0.1) is 0 Å². The summed E-state index contributed by atoms with van der Waals surface area (Å²) >= 11 is 0. The van der Waals surface area contributed by atoms with Crippen molar-refractivity contribution in [1.82, 2.24) is 0 Å². The quantitative estimate of drug-likeness (QED) is 0.670. The van der Waals surface area contributed by atoms with Crippen LogP contribution in [0.5, 0.6) is 5.75 Å². The van der Waals surface area contributed by atoms with E-state index in [0.717, 1.165) is 17.7 Å². The Kier molecular flexibility index (Phi) is 4.58. The van der Waals surface area contributed by atoms with Crippen molar-refractivity contribution in [2.45, 2.75) is 66.8 Å². The van der Waals surface area contributed by atoms with Crippen molar-refractivity contribution in [1.29, 1.82) is 0 Å². The number of benzene rings is 2. The molecular weight excluding hydrogens is 332 g/mol. The Hall–Kier alpha value is -1.80. The molecule has 0 aromatic heterocycles. The van der Waals surface area contributed by atoms with Crippen molar-refractivity contribution in [2.75, 3.05) is 0 Å². The zero-order valence-corrected chi connectivity index (χ0v) is 17.3. The van der Waals surface area contributed by atoms with Gasteiger partial charge in [-0.1, -0.05) is 71.0 Å². The van der Waals surface area contributed by atoms with E-state index in [1.165, 1.54) is 29.5 Å². The van der Waals surface area contributed by atoms with Crippen molar-refractivity contribution in [3.8, 4) is 5.75 Å². The standard InChI is InChI=1S/C25H32O2/c1-24(2,3)23-26-16-20-11-10-17(12-22(20)27-23)15-25(4,5)21-13-18-8-6-7-9-19(18)14-21/h6-12,21,23H,13-16H2,1-5H3. The maximum atomic E-state index is 6.21. The minimum absolute atomic E-state index is 0.0252. The minimum Gasteiger partial charge on any atom is -0.464 e. The Morgan fingerprint density at radius 3 is 2.19 bits per heavy atom. The van der Waals surface area contributed by atoms with Gasteiger partial charge in [-0.25, -0.2) is 0 Å². The Bertz CT molecular complexity index is 803. The van der Waals surface area contributed by atoms with Crippen LogP contribution in [0.15, 0.2) is 42.5 Å². The van der Waals surface area contributed by atoms with E-state index < -0.39 is 0 Å². The second kappa shape index (κ2) is 6.67. The highest BCUT2D eigenvalue weighted by Gasteiger charge is 2.35. The van der Waals surface area contributed by atoms with Crippen molar-refractivity contribution >= 4 is 0 Å². The summed E-state index contributed by atoms with van der Waals surface area (Å²) in [5.41, 5.74) is 5.82. The van der Waals surface area contributed by atoms with Gasteiger partial charge in [-0.3, -0.25) is 0 Å². The van der Waals surface area contributed by atoms with E-state index in [0.29, 0.717) is 12.5 Å². The minimum atomic E-state index is -0.183. The fourth-order valence-electron chi connectivity index (χ4n) is 4.46. The number of hydrogen-bond donors (Lipinski definition) is 0. The fourth-order valence-corrected chi connectivity index (χ4v) is 4.46. The summed E-state index contributed by atoms with van der Waals surface area (Å²) in [6, 6.07) is 15.6.